The van der Waals surface area contributed by atoms with Crippen molar-refractivity contribution in [1.82, 2.24) is 0 Å². The first kappa shape index (κ1) is 111. The van der Waals surface area contributed by atoms with Gasteiger partial charge in [0.05, 0.1) is 11.4 Å². The molecule has 17 aromatic rings. The predicted octanol–water partition coefficient (Wildman–Crippen LogP) is 37.5. The number of anilines is 15. The van der Waals surface area contributed by atoms with E-state index in [1.165, 1.54) is 183 Å². The van der Waals surface area contributed by atoms with E-state index >= 15 is 0 Å². The number of rotatable bonds is 30. The molecule has 6 nitrogen and oxygen atoms in total. The average Bonchev–Trinajstić information content (AvgIpc) is 0.732. The van der Waals surface area contributed by atoms with Gasteiger partial charge in [0.25, 0.3) is 0 Å². The van der Waals surface area contributed by atoms with Gasteiger partial charge >= 0.3 is 62.5 Å². The SMILES string of the molecule is Brc1ccc(/C=C/c2ccc(N(c3ccccc3)c3ccccc3)cc2)cc1.CC(C)(C)[O-].CCCCc1ccc(N(c2ccc(/C=C/c3ccc(N4c5ccccc5Sc5ccccc54)cc3)cc2)c2ccc(CCCC)cc2)cc1.CCCCc1ccc(N(c2ccc(/C=C/c3ccc(N4c5ccccc5[S+](c5ccccc5)c5ccccc54)cc3)cc2)c2ccc(CCCC)cc2)cc1.F[P-](F)(F)(F)(F)F.[Cu].[Na+]. The number of hydrogen-bond donors (Lipinski definition) is 0. The number of fused-ring (bicyclic) bond motifs is 4. The van der Waals surface area contributed by atoms with Crippen LogP contribution < -0.4 is 59.2 Å². The van der Waals surface area contributed by atoms with Crippen molar-refractivity contribution in [3.05, 3.63) is 491 Å². The molecule has 1 radical (unpaired) electrons. The zero-order chi connectivity index (χ0) is 101. The first-order valence-electron chi connectivity index (χ1n) is 49.5. The number of benzene rings is 17. The van der Waals surface area contributed by atoms with Crippen molar-refractivity contribution in [2.45, 2.75) is 156 Å². The van der Waals surface area contributed by atoms with Crippen LogP contribution in [0, 0.1) is 0 Å². The minimum atomic E-state index is -10.7. The summed E-state index contributed by atoms with van der Waals surface area (Å²) < 4.78 is 60.3. The largest absolute Gasteiger partial charge is 1.00 e. The van der Waals surface area contributed by atoms with Gasteiger partial charge in [0.1, 0.15) is 22.3 Å². The molecule has 2 aliphatic rings. The molecule has 2 aliphatic heterocycles. The van der Waals surface area contributed by atoms with Crippen LogP contribution in [-0.4, -0.2) is 5.60 Å². The van der Waals surface area contributed by atoms with Crippen molar-refractivity contribution in [2.24, 2.45) is 0 Å². The molecule has 0 aromatic heterocycles. The molecule has 0 saturated heterocycles. The monoisotopic (exact) mass is 2120 g/mol. The van der Waals surface area contributed by atoms with Gasteiger partial charge in [-0.1, -0.05) is 363 Å². The van der Waals surface area contributed by atoms with E-state index in [1.807, 2.05) is 23.9 Å². The van der Waals surface area contributed by atoms with Gasteiger partial charge in [0.15, 0.2) is 14.7 Å². The van der Waals surface area contributed by atoms with Gasteiger partial charge in [-0.25, -0.2) is 0 Å². The maximum Gasteiger partial charge on any atom is 1.00 e. The first-order chi connectivity index (χ1) is 69.6. The molecule has 2 heterocycles. The van der Waals surface area contributed by atoms with Crippen LogP contribution in [0.4, 0.5) is 110 Å². The summed E-state index contributed by atoms with van der Waals surface area (Å²) in [6.45, 7) is 13.9. The molecular weight excluding hydrogens is 2000 g/mol. The average molecular weight is 2120 g/mol. The molecule has 146 heavy (non-hydrogen) atoms. The van der Waals surface area contributed by atoms with Crippen LogP contribution >= 0.6 is 35.5 Å². The fraction of sp³-hybridized carbons (Fsp3) is 0.156. The molecule has 743 valence electrons. The van der Waals surface area contributed by atoms with E-state index in [-0.39, 0.29) is 57.5 Å². The quantitative estimate of drug-likeness (QED) is 0.0146. The van der Waals surface area contributed by atoms with Gasteiger partial charge in [0.2, 0.25) is 0 Å². The molecule has 17 aromatic carbocycles. The molecule has 0 aliphatic carbocycles. The Balaban J connectivity index is 0.000000179. The topological polar surface area (TPSA) is 39.3 Å². The normalized spacial score (nSPS) is 12.4. The van der Waals surface area contributed by atoms with Crippen LogP contribution in [0.2, 0.25) is 0 Å². The van der Waals surface area contributed by atoms with E-state index in [9.17, 15) is 30.3 Å². The summed E-state index contributed by atoms with van der Waals surface area (Å²) in [4.78, 5) is 18.4. The van der Waals surface area contributed by atoms with Gasteiger partial charge in [-0.05, 0) is 313 Å². The van der Waals surface area contributed by atoms with E-state index in [2.05, 4.69) is 523 Å². The van der Waals surface area contributed by atoms with Gasteiger partial charge in [0, 0.05) is 93.9 Å². The maximum absolute atomic E-state index is 10.7. The van der Waals surface area contributed by atoms with E-state index in [1.54, 1.807) is 20.8 Å². The standard InChI is InChI=1S/C52H49N2S.C46H44N2S.C26H20BrN.C4H9O.Cu.F6P.Na/c1-3-5-14-40-24-32-44(33-25-40)53(45-34-26-41(27-35-45)15-6-4-2)46-36-28-42(29-37-46)22-23-43-30-38-47(39-31-43)54-49-18-10-12-20-51(49)55(48-16-8-7-9-17-48)52-21-13-11-19-50(52)54;1-3-5-11-35-19-27-39(28-20-35)47(40-29-21-36(22-30-40)12-6-4-2)41-31-23-37(24-32-41)17-18-38-25-33-42(34-26-38)48-43-13-7-9-15-45(43)49-46-16-10-8-14-44(46)48;27-23-17-13-21(14-18-23)11-12-22-15-19-26(20-16-22)28(24-7-3-1-4-8-24)25-9-5-2-6-10-25;1-4(2,3)5;;1-7(2,3,4,5)6;/h7-13,16-39H,3-6,14-15H2,1-2H3;7-10,13-34H,3-6,11-12H2,1-2H3;1-20H;1-3H3;;;/q+1;;;-1;;-1;+1/b23-22+;18-17+;12-11+;;;;. The fourth-order valence-corrected chi connectivity index (χ4v) is 20.7. The first-order valence-corrected chi connectivity index (χ1v) is 54.4. The third-order valence-electron chi connectivity index (χ3n) is 24.2. The van der Waals surface area contributed by atoms with Gasteiger partial charge in [-0.15, -0.1) is 5.60 Å². The van der Waals surface area contributed by atoms with Crippen LogP contribution in [0.3, 0.4) is 0 Å². The van der Waals surface area contributed by atoms with Gasteiger partial charge in [-0.2, -0.15) is 0 Å². The molecule has 0 fully saturated rings. The summed E-state index contributed by atoms with van der Waals surface area (Å²) >= 11 is 5.31. The minimum Gasteiger partial charge on any atom is 0 e. The van der Waals surface area contributed by atoms with Crippen LogP contribution in [0.1, 0.15) is 155 Å². The van der Waals surface area contributed by atoms with Crippen molar-refractivity contribution >= 4 is 168 Å². The number of para-hydroxylation sites is 6. The summed E-state index contributed by atoms with van der Waals surface area (Å²) in [5, 5.41) is 10.1. The second kappa shape index (κ2) is 52.3. The van der Waals surface area contributed by atoms with Crippen molar-refractivity contribution in [2.75, 3.05) is 24.5 Å². The minimum absolute atomic E-state index is 0. The van der Waals surface area contributed by atoms with Crippen molar-refractivity contribution in [3.8, 4) is 0 Å². The molecule has 0 atom stereocenters. The van der Waals surface area contributed by atoms with Crippen LogP contribution in [0.25, 0.3) is 36.5 Å². The molecule has 18 heteroatoms. The fourth-order valence-electron chi connectivity index (χ4n) is 17.0. The van der Waals surface area contributed by atoms with Crippen LogP contribution in [-0.2, 0) is 53.6 Å². The molecule has 0 spiro atoms. The van der Waals surface area contributed by atoms with E-state index in [4.69, 9.17) is 0 Å². The number of aryl methyl sites for hydroxylation is 4. The molecule has 0 saturated carbocycles. The van der Waals surface area contributed by atoms with Crippen molar-refractivity contribution < 1.29 is 76.9 Å². The molecular formula is C128H122BrCuF6N5NaOPS2. The maximum atomic E-state index is 10.1. The Morgan fingerprint density at radius 3 is 0.760 bits per heavy atom. The zero-order valence-corrected chi connectivity index (χ0v) is 90.9. The second-order valence-corrected chi connectivity index (χ2v) is 42.5. The molecule has 0 N–H and O–H groups in total. The third kappa shape index (κ3) is 32.6. The third-order valence-corrected chi connectivity index (χ3v) is 28.1. The van der Waals surface area contributed by atoms with Crippen LogP contribution in [0.15, 0.2) is 460 Å². The van der Waals surface area contributed by atoms with E-state index in [0.717, 1.165) is 64.3 Å². The Hall–Kier alpha value is -12.4. The predicted molar refractivity (Wildman–Crippen MR) is 607 cm³/mol. The van der Waals surface area contributed by atoms with Gasteiger partial charge in [-0.3, -0.25) is 0 Å². The number of nitrogens with zero attached hydrogens (tertiary/aromatic N) is 5. The Morgan fingerprint density at radius 1 is 0.288 bits per heavy atom. The van der Waals surface area contributed by atoms with Crippen molar-refractivity contribution in [3.63, 3.8) is 0 Å². The smallest absolute Gasteiger partial charge is 0 e. The summed E-state index contributed by atoms with van der Waals surface area (Å²) in [6.07, 6.45) is 27.4. The Bertz CT molecular complexity index is 6800. The van der Waals surface area contributed by atoms with Gasteiger partial charge < -0.3 is 29.6 Å². The second-order valence-electron chi connectivity index (χ2n) is 36.6. The molecule has 0 bridgehead atoms. The Kier molecular flexibility index (Phi) is 39.7. The van der Waals surface area contributed by atoms with Crippen molar-refractivity contribution in [1.29, 1.82) is 0 Å². The summed E-state index contributed by atoms with van der Waals surface area (Å²) in [6, 6.07) is 156. The zero-order valence-electron chi connectivity index (χ0n) is 83.8. The Morgan fingerprint density at radius 2 is 0.493 bits per heavy atom. The Labute approximate surface area is 907 Å². The summed E-state index contributed by atoms with van der Waals surface area (Å²) in [7, 11) is -10.8. The number of hydrogen-bond acceptors (Lipinski definition) is 7. The molecule has 0 unspecified atom stereocenters. The van der Waals surface area contributed by atoms with E-state index < -0.39 is 13.4 Å². The number of halogens is 7. The van der Waals surface area contributed by atoms with Crippen LogP contribution in [0.5, 0.6) is 0 Å². The molecule has 0 amide bonds. The number of unbranched alkanes of at least 4 members (excludes halogenated alkanes) is 4. The summed E-state index contributed by atoms with van der Waals surface area (Å²) in [5.41, 5.74) is 29.6. The van der Waals surface area contributed by atoms with E-state index in [0.29, 0.717) is 0 Å². The molecule has 19 rings (SSSR count). The summed E-state index contributed by atoms with van der Waals surface area (Å²) in [5.74, 6) is 0.